The number of ether oxygens (including phenoxy) is 1. The van der Waals surface area contributed by atoms with Crippen LogP contribution in [-0.4, -0.2) is 20.2 Å². The third-order valence-electron chi connectivity index (χ3n) is 2.50. The van der Waals surface area contributed by atoms with Gasteiger partial charge in [-0.05, 0) is 34.9 Å². The Kier molecular flexibility index (Phi) is 3.96. The molecule has 2 rings (SSSR count). The lowest BCUT2D eigenvalue weighted by Gasteiger charge is -2.13. The van der Waals surface area contributed by atoms with E-state index in [9.17, 15) is 0 Å². The highest BCUT2D eigenvalue weighted by Crippen LogP contribution is 2.29. The number of nitrogens with zero attached hydrogens (tertiary/aromatic N) is 4. The normalized spacial score (nSPS) is 10.9. The molecule has 0 saturated carbocycles. The van der Waals surface area contributed by atoms with E-state index in [0.717, 1.165) is 15.8 Å². The topological polar surface area (TPSA) is 52.8 Å². The van der Waals surface area contributed by atoms with E-state index in [1.54, 1.807) is 7.05 Å². The lowest BCUT2D eigenvalue weighted by atomic mass is 10.0. The highest BCUT2D eigenvalue weighted by Gasteiger charge is 2.10. The van der Waals surface area contributed by atoms with E-state index in [1.165, 1.54) is 4.80 Å². The van der Waals surface area contributed by atoms with Gasteiger partial charge < -0.3 is 4.74 Å². The third-order valence-corrected chi connectivity index (χ3v) is 2.99. The van der Waals surface area contributed by atoms with Gasteiger partial charge in [-0.2, -0.15) is 4.80 Å². The van der Waals surface area contributed by atoms with Gasteiger partial charge >= 0.3 is 0 Å². The Morgan fingerprint density at radius 2 is 2.17 bits per heavy atom. The zero-order valence-electron chi connectivity index (χ0n) is 10.6. The second-order valence-electron chi connectivity index (χ2n) is 4.32. The standard InChI is InChI=1S/C12H15BrN4O/c1-8(2)10-6-9(13)4-5-11(10)18-7-12-14-16-17(3)15-12/h4-6,8H,7H2,1-3H3. The van der Waals surface area contributed by atoms with Gasteiger partial charge in [0.25, 0.3) is 0 Å². The number of tetrazole rings is 1. The fraction of sp³-hybridized carbons (Fsp3) is 0.417. The van der Waals surface area contributed by atoms with Crippen LogP contribution in [0.5, 0.6) is 5.75 Å². The van der Waals surface area contributed by atoms with E-state index in [2.05, 4.69) is 51.3 Å². The fourth-order valence-corrected chi connectivity index (χ4v) is 2.00. The summed E-state index contributed by atoms with van der Waals surface area (Å²) in [5, 5.41) is 11.7. The molecule has 6 heteroatoms. The minimum atomic E-state index is 0.329. The summed E-state index contributed by atoms with van der Waals surface area (Å²) in [4.78, 5) is 1.42. The second kappa shape index (κ2) is 5.48. The van der Waals surface area contributed by atoms with Crippen molar-refractivity contribution in [1.29, 1.82) is 0 Å². The summed E-state index contributed by atoms with van der Waals surface area (Å²) >= 11 is 3.47. The average molecular weight is 311 g/mol. The number of hydrogen-bond acceptors (Lipinski definition) is 4. The SMILES string of the molecule is CC(C)c1cc(Br)ccc1OCc1nnn(C)n1. The predicted molar refractivity (Wildman–Crippen MR) is 71.4 cm³/mol. The smallest absolute Gasteiger partial charge is 0.212 e. The second-order valence-corrected chi connectivity index (χ2v) is 5.24. The minimum absolute atomic E-state index is 0.329. The molecule has 0 saturated heterocycles. The Labute approximate surface area is 114 Å². The summed E-state index contributed by atoms with van der Waals surface area (Å²) in [7, 11) is 1.73. The van der Waals surface area contributed by atoms with Crippen LogP contribution >= 0.6 is 15.9 Å². The lowest BCUT2D eigenvalue weighted by Crippen LogP contribution is -2.02. The van der Waals surface area contributed by atoms with Gasteiger partial charge in [-0.15, -0.1) is 10.2 Å². The number of aromatic nitrogens is 4. The molecular weight excluding hydrogens is 296 g/mol. The Morgan fingerprint density at radius 1 is 1.39 bits per heavy atom. The molecule has 2 aromatic rings. The van der Waals surface area contributed by atoms with Gasteiger partial charge in [0.15, 0.2) is 6.61 Å². The summed E-state index contributed by atoms with van der Waals surface area (Å²) < 4.78 is 6.81. The summed E-state index contributed by atoms with van der Waals surface area (Å²) in [5.74, 6) is 1.84. The fourth-order valence-electron chi connectivity index (χ4n) is 1.63. The maximum atomic E-state index is 5.75. The van der Waals surface area contributed by atoms with Crippen molar-refractivity contribution in [1.82, 2.24) is 20.2 Å². The van der Waals surface area contributed by atoms with Crippen LogP contribution in [0.3, 0.4) is 0 Å². The Balaban J connectivity index is 2.13. The van der Waals surface area contributed by atoms with Crippen LogP contribution in [0.2, 0.25) is 0 Å². The maximum absolute atomic E-state index is 5.75. The number of rotatable bonds is 4. The van der Waals surface area contributed by atoms with Crippen molar-refractivity contribution >= 4 is 15.9 Å². The molecule has 1 heterocycles. The van der Waals surface area contributed by atoms with Crippen molar-refractivity contribution in [3.05, 3.63) is 34.1 Å². The molecule has 0 N–H and O–H groups in total. The van der Waals surface area contributed by atoms with Gasteiger partial charge in [0.05, 0.1) is 7.05 Å². The zero-order chi connectivity index (χ0) is 13.1. The highest BCUT2D eigenvalue weighted by atomic mass is 79.9. The number of hydrogen-bond donors (Lipinski definition) is 0. The molecule has 0 fully saturated rings. The summed E-state index contributed by atoms with van der Waals surface area (Å²) in [5.41, 5.74) is 1.16. The number of aryl methyl sites for hydroxylation is 1. The molecule has 18 heavy (non-hydrogen) atoms. The molecule has 0 unspecified atom stereocenters. The average Bonchev–Trinajstić information content (AvgIpc) is 2.73. The summed E-state index contributed by atoms with van der Waals surface area (Å²) in [6.07, 6.45) is 0. The predicted octanol–water partition coefficient (Wildman–Crippen LogP) is 2.68. The number of halogens is 1. The molecule has 0 spiro atoms. The van der Waals surface area contributed by atoms with E-state index in [0.29, 0.717) is 18.3 Å². The minimum Gasteiger partial charge on any atom is -0.485 e. The Hall–Kier alpha value is -1.43. The van der Waals surface area contributed by atoms with Crippen LogP contribution < -0.4 is 4.74 Å². The van der Waals surface area contributed by atoms with Gasteiger partial charge in [-0.1, -0.05) is 29.8 Å². The van der Waals surface area contributed by atoms with Crippen molar-refractivity contribution in [3.8, 4) is 5.75 Å². The molecule has 5 nitrogen and oxygen atoms in total. The van der Waals surface area contributed by atoms with Crippen LogP contribution in [0.1, 0.15) is 31.2 Å². The quantitative estimate of drug-likeness (QED) is 0.871. The van der Waals surface area contributed by atoms with Gasteiger partial charge in [0.1, 0.15) is 5.75 Å². The van der Waals surface area contributed by atoms with E-state index in [1.807, 2.05) is 12.1 Å². The van der Waals surface area contributed by atoms with Crippen LogP contribution in [0.25, 0.3) is 0 Å². The van der Waals surface area contributed by atoms with Crippen LogP contribution in [0.4, 0.5) is 0 Å². The first kappa shape index (κ1) is 13.0. The van der Waals surface area contributed by atoms with Gasteiger partial charge in [-0.3, -0.25) is 0 Å². The van der Waals surface area contributed by atoms with Crippen molar-refractivity contribution in [2.24, 2.45) is 7.05 Å². The monoisotopic (exact) mass is 310 g/mol. The largest absolute Gasteiger partial charge is 0.485 e. The van der Waals surface area contributed by atoms with E-state index in [4.69, 9.17) is 4.74 Å². The molecule has 1 aromatic heterocycles. The first-order valence-electron chi connectivity index (χ1n) is 5.71. The molecular formula is C12H15BrN4O. The summed E-state index contributed by atoms with van der Waals surface area (Å²) in [6, 6.07) is 5.99. The van der Waals surface area contributed by atoms with Crippen molar-refractivity contribution in [3.63, 3.8) is 0 Å². The molecule has 0 radical (unpaired) electrons. The van der Waals surface area contributed by atoms with Gasteiger partial charge in [0, 0.05) is 4.47 Å². The highest BCUT2D eigenvalue weighted by molar-refractivity contribution is 9.10. The van der Waals surface area contributed by atoms with Crippen LogP contribution in [0.15, 0.2) is 22.7 Å². The molecule has 96 valence electrons. The molecule has 0 bridgehead atoms. The van der Waals surface area contributed by atoms with E-state index < -0.39 is 0 Å². The van der Waals surface area contributed by atoms with Gasteiger partial charge in [0.2, 0.25) is 5.82 Å². The molecule has 0 aliphatic carbocycles. The molecule has 0 aliphatic rings. The van der Waals surface area contributed by atoms with E-state index >= 15 is 0 Å². The van der Waals surface area contributed by atoms with Gasteiger partial charge in [-0.25, -0.2) is 0 Å². The third kappa shape index (κ3) is 3.07. The van der Waals surface area contributed by atoms with Crippen LogP contribution in [-0.2, 0) is 13.7 Å². The first-order chi connectivity index (χ1) is 8.56. The Bertz CT molecular complexity index is 539. The molecule has 1 aromatic carbocycles. The van der Waals surface area contributed by atoms with Crippen molar-refractivity contribution < 1.29 is 4.74 Å². The molecule has 0 atom stereocenters. The van der Waals surface area contributed by atoms with Crippen molar-refractivity contribution in [2.75, 3.05) is 0 Å². The number of benzene rings is 1. The van der Waals surface area contributed by atoms with Crippen LogP contribution in [0, 0.1) is 0 Å². The first-order valence-corrected chi connectivity index (χ1v) is 6.50. The lowest BCUT2D eigenvalue weighted by molar-refractivity contribution is 0.291. The van der Waals surface area contributed by atoms with E-state index in [-0.39, 0.29) is 0 Å². The Morgan fingerprint density at radius 3 is 2.78 bits per heavy atom. The summed E-state index contributed by atoms with van der Waals surface area (Å²) in [6.45, 7) is 4.60. The maximum Gasteiger partial charge on any atom is 0.212 e. The zero-order valence-corrected chi connectivity index (χ0v) is 12.2. The molecule has 0 amide bonds. The molecule has 0 aliphatic heterocycles. The van der Waals surface area contributed by atoms with Crippen molar-refractivity contribution in [2.45, 2.75) is 26.4 Å².